The number of benzene rings is 1. The Kier molecular flexibility index (Phi) is 3.03. The first kappa shape index (κ1) is 10.2. The number of hydrazine groups is 1. The number of aryl methyl sites for hydroxylation is 3. The molecule has 1 unspecified atom stereocenters. The number of nitrogens with one attached hydrogen (secondary N) is 1. The van der Waals surface area contributed by atoms with E-state index in [0.29, 0.717) is 0 Å². The lowest BCUT2D eigenvalue weighted by Crippen LogP contribution is -2.34. The van der Waals surface area contributed by atoms with Crippen molar-refractivity contribution in [1.29, 1.82) is 0 Å². The summed E-state index contributed by atoms with van der Waals surface area (Å²) in [4.78, 5) is 0. The van der Waals surface area contributed by atoms with E-state index in [2.05, 4.69) is 31.4 Å². The molecule has 0 aliphatic rings. The van der Waals surface area contributed by atoms with Crippen LogP contribution in [-0.4, -0.2) is 0 Å². The van der Waals surface area contributed by atoms with Crippen molar-refractivity contribution in [2.75, 3.05) is 0 Å². The van der Waals surface area contributed by atoms with Crippen LogP contribution in [0, 0.1) is 20.8 Å². The van der Waals surface area contributed by atoms with Crippen molar-refractivity contribution in [3.05, 3.63) is 34.4 Å². The zero-order valence-electron chi connectivity index (χ0n) is 8.39. The molecule has 0 aliphatic heterocycles. The second-order valence-electron chi connectivity index (χ2n) is 3.44. The van der Waals surface area contributed by atoms with Crippen molar-refractivity contribution in [3.63, 3.8) is 0 Å². The maximum atomic E-state index is 5.78. The lowest BCUT2D eigenvalue weighted by molar-refractivity contribution is 0.573. The van der Waals surface area contributed by atoms with E-state index in [1.54, 1.807) is 0 Å². The minimum atomic E-state index is -0.278. The highest BCUT2D eigenvalue weighted by atomic mass is 15.3. The van der Waals surface area contributed by atoms with Gasteiger partial charge in [0.1, 0.15) is 0 Å². The predicted octanol–water partition coefficient (Wildman–Crippen LogP) is 1.03. The van der Waals surface area contributed by atoms with E-state index in [9.17, 15) is 0 Å². The van der Waals surface area contributed by atoms with Gasteiger partial charge < -0.3 is 5.73 Å². The predicted molar refractivity (Wildman–Crippen MR) is 54.9 cm³/mol. The zero-order chi connectivity index (χ0) is 10.0. The van der Waals surface area contributed by atoms with Crippen LogP contribution in [0.4, 0.5) is 0 Å². The van der Waals surface area contributed by atoms with Gasteiger partial charge in [-0.3, -0.25) is 5.84 Å². The molecule has 72 valence electrons. The summed E-state index contributed by atoms with van der Waals surface area (Å²) in [6.45, 7) is 6.20. The first-order valence-corrected chi connectivity index (χ1v) is 4.35. The third-order valence-electron chi connectivity index (χ3n) is 2.40. The van der Waals surface area contributed by atoms with E-state index in [1.165, 1.54) is 16.7 Å². The second kappa shape index (κ2) is 3.87. The molecule has 0 fully saturated rings. The van der Waals surface area contributed by atoms with Crippen LogP contribution < -0.4 is 17.0 Å². The molecule has 0 amide bonds. The fraction of sp³-hybridized carbons (Fsp3) is 0.400. The topological polar surface area (TPSA) is 64.1 Å². The summed E-state index contributed by atoms with van der Waals surface area (Å²) in [5.74, 6) is 5.29. The van der Waals surface area contributed by atoms with E-state index in [1.807, 2.05) is 6.92 Å². The summed E-state index contributed by atoms with van der Waals surface area (Å²) in [7, 11) is 0. The number of hydrogen-bond donors (Lipinski definition) is 3. The molecule has 0 saturated carbocycles. The van der Waals surface area contributed by atoms with Gasteiger partial charge in [0.2, 0.25) is 0 Å². The smallest absolute Gasteiger partial charge is 0.0938 e. The molecule has 0 saturated heterocycles. The molecule has 1 aromatic rings. The van der Waals surface area contributed by atoms with Crippen molar-refractivity contribution in [3.8, 4) is 0 Å². The van der Waals surface area contributed by atoms with Crippen molar-refractivity contribution < 1.29 is 0 Å². The quantitative estimate of drug-likeness (QED) is 0.361. The van der Waals surface area contributed by atoms with E-state index in [-0.39, 0.29) is 6.17 Å². The van der Waals surface area contributed by atoms with Gasteiger partial charge in [0, 0.05) is 0 Å². The third-order valence-corrected chi connectivity index (χ3v) is 2.40. The maximum absolute atomic E-state index is 5.78. The summed E-state index contributed by atoms with van der Waals surface area (Å²) >= 11 is 0. The van der Waals surface area contributed by atoms with Crippen LogP contribution >= 0.6 is 0 Å². The largest absolute Gasteiger partial charge is 0.311 e. The standard InChI is InChI=1S/C10H17N3/c1-6-4-8(3)9(5-7(6)2)10(11)13-12/h4-5,10,13H,11-12H2,1-3H3. The van der Waals surface area contributed by atoms with Crippen molar-refractivity contribution in [1.82, 2.24) is 5.43 Å². The van der Waals surface area contributed by atoms with Gasteiger partial charge in [0.05, 0.1) is 6.17 Å². The van der Waals surface area contributed by atoms with Crippen LogP contribution in [0.3, 0.4) is 0 Å². The summed E-state index contributed by atoms with van der Waals surface area (Å²) < 4.78 is 0. The highest BCUT2D eigenvalue weighted by Crippen LogP contribution is 2.18. The molecule has 0 bridgehead atoms. The van der Waals surface area contributed by atoms with Gasteiger partial charge >= 0.3 is 0 Å². The van der Waals surface area contributed by atoms with Crippen molar-refractivity contribution in [2.45, 2.75) is 26.9 Å². The van der Waals surface area contributed by atoms with Crippen LogP contribution in [-0.2, 0) is 0 Å². The Morgan fingerprint density at radius 3 is 2.15 bits per heavy atom. The van der Waals surface area contributed by atoms with Crippen molar-refractivity contribution in [2.24, 2.45) is 11.6 Å². The Morgan fingerprint density at radius 2 is 1.62 bits per heavy atom. The number of nitrogens with two attached hydrogens (primary N) is 2. The SMILES string of the molecule is Cc1cc(C)c(C(N)NN)cc1C. The molecule has 5 N–H and O–H groups in total. The van der Waals surface area contributed by atoms with E-state index >= 15 is 0 Å². The van der Waals surface area contributed by atoms with Gasteiger partial charge in [-0.1, -0.05) is 12.1 Å². The summed E-state index contributed by atoms with van der Waals surface area (Å²) in [6, 6.07) is 4.21. The first-order chi connectivity index (χ1) is 6.06. The van der Waals surface area contributed by atoms with Crippen molar-refractivity contribution >= 4 is 0 Å². The second-order valence-corrected chi connectivity index (χ2v) is 3.44. The number of hydrogen-bond acceptors (Lipinski definition) is 3. The highest BCUT2D eigenvalue weighted by Gasteiger charge is 2.07. The molecule has 1 aromatic carbocycles. The van der Waals surface area contributed by atoms with Gasteiger partial charge in [0.15, 0.2) is 0 Å². The monoisotopic (exact) mass is 179 g/mol. The minimum Gasteiger partial charge on any atom is -0.311 e. The van der Waals surface area contributed by atoms with E-state index in [0.717, 1.165) is 5.56 Å². The third kappa shape index (κ3) is 2.06. The molecule has 13 heavy (non-hydrogen) atoms. The zero-order valence-corrected chi connectivity index (χ0v) is 8.39. The molecule has 1 atom stereocenters. The molecule has 1 rings (SSSR count). The summed E-state index contributed by atoms with van der Waals surface area (Å²) in [6.07, 6.45) is -0.278. The van der Waals surface area contributed by atoms with Gasteiger partial charge in [-0.15, -0.1) is 0 Å². The van der Waals surface area contributed by atoms with E-state index in [4.69, 9.17) is 11.6 Å². The fourth-order valence-electron chi connectivity index (χ4n) is 1.41. The maximum Gasteiger partial charge on any atom is 0.0938 e. The van der Waals surface area contributed by atoms with Crippen LogP contribution in [0.25, 0.3) is 0 Å². The Morgan fingerprint density at radius 1 is 1.08 bits per heavy atom. The molecular formula is C10H17N3. The summed E-state index contributed by atoms with van der Waals surface area (Å²) in [5, 5.41) is 0. The fourth-order valence-corrected chi connectivity index (χ4v) is 1.41. The van der Waals surface area contributed by atoms with E-state index < -0.39 is 0 Å². The van der Waals surface area contributed by atoms with Crippen LogP contribution in [0.15, 0.2) is 12.1 Å². The highest BCUT2D eigenvalue weighted by molar-refractivity contribution is 5.37. The Labute approximate surface area is 79.1 Å². The van der Waals surface area contributed by atoms with Gasteiger partial charge in [0.25, 0.3) is 0 Å². The molecule has 0 spiro atoms. The Hall–Kier alpha value is -0.900. The lowest BCUT2D eigenvalue weighted by Gasteiger charge is -2.15. The summed E-state index contributed by atoms with van der Waals surface area (Å²) in [5.41, 5.74) is 13.1. The minimum absolute atomic E-state index is 0.278. The molecule has 0 aliphatic carbocycles. The molecule has 0 radical (unpaired) electrons. The number of rotatable bonds is 2. The Bertz CT molecular complexity index is 307. The first-order valence-electron chi connectivity index (χ1n) is 4.35. The lowest BCUT2D eigenvalue weighted by atomic mass is 9.99. The average molecular weight is 179 g/mol. The average Bonchev–Trinajstić information content (AvgIpc) is 2.10. The molecule has 0 heterocycles. The van der Waals surface area contributed by atoms with Crippen LogP contribution in [0.1, 0.15) is 28.4 Å². The molecule has 3 nitrogen and oxygen atoms in total. The molecule has 0 aromatic heterocycles. The van der Waals surface area contributed by atoms with Crippen LogP contribution in [0.5, 0.6) is 0 Å². The molecule has 3 heteroatoms. The van der Waals surface area contributed by atoms with Gasteiger partial charge in [-0.2, -0.15) is 0 Å². The van der Waals surface area contributed by atoms with Gasteiger partial charge in [-0.05, 0) is 43.0 Å². The van der Waals surface area contributed by atoms with Crippen LogP contribution in [0.2, 0.25) is 0 Å². The van der Waals surface area contributed by atoms with Gasteiger partial charge in [-0.25, -0.2) is 5.43 Å². The molecular weight excluding hydrogens is 162 g/mol. The normalized spacial score (nSPS) is 13.0. The Balaban J connectivity index is 3.15.